The average Bonchev–Trinajstić information content (AvgIpc) is 2.94. The number of methoxy groups -OCH3 is 1. The first-order chi connectivity index (χ1) is 10.5. The van der Waals surface area contributed by atoms with Gasteiger partial charge in [0.05, 0.1) is 19.0 Å². The van der Waals surface area contributed by atoms with Crippen LogP contribution in [0, 0.1) is 6.92 Å². The highest BCUT2D eigenvalue weighted by molar-refractivity contribution is 6.31. The number of aromatic amines is 1. The van der Waals surface area contributed by atoms with E-state index >= 15 is 0 Å². The summed E-state index contributed by atoms with van der Waals surface area (Å²) in [6.07, 6.45) is 1.64. The van der Waals surface area contributed by atoms with E-state index in [0.29, 0.717) is 10.7 Å². The molecule has 0 aliphatic carbocycles. The lowest BCUT2D eigenvalue weighted by Gasteiger charge is -2.05. The third-order valence-electron chi connectivity index (χ3n) is 3.33. The van der Waals surface area contributed by atoms with E-state index in [-0.39, 0.29) is 16.8 Å². The van der Waals surface area contributed by atoms with Gasteiger partial charge in [-0.3, -0.25) is 4.79 Å². The van der Waals surface area contributed by atoms with E-state index in [1.165, 1.54) is 17.7 Å². The third kappa shape index (κ3) is 2.37. The highest BCUT2D eigenvalue weighted by atomic mass is 35.5. The number of halogens is 1. The van der Waals surface area contributed by atoms with Crippen LogP contribution in [-0.4, -0.2) is 27.7 Å². The molecule has 2 aromatic heterocycles. The van der Waals surface area contributed by atoms with Crippen LogP contribution < -0.4 is 5.56 Å². The van der Waals surface area contributed by atoms with Crippen molar-refractivity contribution in [1.29, 1.82) is 0 Å². The van der Waals surface area contributed by atoms with Gasteiger partial charge in [0.1, 0.15) is 5.52 Å². The lowest BCUT2D eigenvalue weighted by atomic mass is 10.1. The maximum Gasteiger partial charge on any atom is 0.358 e. The smallest absolute Gasteiger partial charge is 0.358 e. The molecule has 0 bridgehead atoms. The Labute approximate surface area is 130 Å². The minimum Gasteiger partial charge on any atom is -0.464 e. The van der Waals surface area contributed by atoms with E-state index in [2.05, 4.69) is 14.8 Å². The van der Waals surface area contributed by atoms with E-state index in [1.807, 2.05) is 13.0 Å². The van der Waals surface area contributed by atoms with Crippen molar-refractivity contribution in [2.75, 3.05) is 7.11 Å². The van der Waals surface area contributed by atoms with Gasteiger partial charge in [-0.05, 0) is 30.2 Å². The van der Waals surface area contributed by atoms with Gasteiger partial charge in [0.25, 0.3) is 5.56 Å². The monoisotopic (exact) mass is 317 g/mol. The summed E-state index contributed by atoms with van der Waals surface area (Å²) in [6.45, 7) is 1.88. The summed E-state index contributed by atoms with van der Waals surface area (Å²) in [5.74, 6) is -0.591. The maximum absolute atomic E-state index is 12.2. The third-order valence-corrected chi connectivity index (χ3v) is 3.76. The molecular weight excluding hydrogens is 306 g/mol. The minimum atomic E-state index is -0.591. The molecule has 6 nitrogen and oxygen atoms in total. The fourth-order valence-corrected chi connectivity index (χ4v) is 2.28. The molecule has 0 atom stereocenters. The van der Waals surface area contributed by atoms with E-state index in [0.717, 1.165) is 11.1 Å². The highest BCUT2D eigenvalue weighted by Gasteiger charge is 2.14. The maximum atomic E-state index is 12.2. The van der Waals surface area contributed by atoms with E-state index in [4.69, 9.17) is 11.6 Å². The largest absolute Gasteiger partial charge is 0.464 e. The number of hydrogen-bond donors (Lipinski definition) is 1. The highest BCUT2D eigenvalue weighted by Crippen LogP contribution is 2.22. The zero-order valence-corrected chi connectivity index (χ0v) is 12.6. The second-order valence-electron chi connectivity index (χ2n) is 4.81. The first-order valence-electron chi connectivity index (χ1n) is 6.47. The number of benzene rings is 1. The second-order valence-corrected chi connectivity index (χ2v) is 5.22. The molecule has 3 aromatic rings. The van der Waals surface area contributed by atoms with Gasteiger partial charge in [-0.2, -0.15) is 5.10 Å². The molecule has 0 saturated carbocycles. The van der Waals surface area contributed by atoms with Crippen LogP contribution in [0.2, 0.25) is 5.02 Å². The van der Waals surface area contributed by atoms with Crippen molar-refractivity contribution in [3.63, 3.8) is 0 Å². The van der Waals surface area contributed by atoms with Gasteiger partial charge in [0.2, 0.25) is 0 Å². The van der Waals surface area contributed by atoms with Crippen LogP contribution >= 0.6 is 11.6 Å². The number of H-pyrrole nitrogens is 1. The number of aryl methyl sites for hydroxylation is 1. The van der Waals surface area contributed by atoms with Gasteiger partial charge in [-0.1, -0.05) is 17.7 Å². The first-order valence-corrected chi connectivity index (χ1v) is 6.85. The van der Waals surface area contributed by atoms with Crippen molar-refractivity contribution >= 4 is 23.1 Å². The molecule has 0 saturated heterocycles. The molecule has 0 amide bonds. The number of esters is 1. The summed E-state index contributed by atoms with van der Waals surface area (Å²) < 4.78 is 5.97. The Morgan fingerprint density at radius 2 is 2.14 bits per heavy atom. The lowest BCUT2D eigenvalue weighted by Crippen LogP contribution is -2.10. The Morgan fingerprint density at radius 1 is 1.36 bits per heavy atom. The molecule has 0 aliphatic heterocycles. The summed E-state index contributed by atoms with van der Waals surface area (Å²) in [7, 11) is 1.26. The van der Waals surface area contributed by atoms with Crippen LogP contribution in [0.1, 0.15) is 16.1 Å². The Hall–Kier alpha value is -2.60. The van der Waals surface area contributed by atoms with Crippen molar-refractivity contribution in [2.24, 2.45) is 0 Å². The molecule has 0 spiro atoms. The zero-order chi connectivity index (χ0) is 15.9. The molecule has 22 heavy (non-hydrogen) atoms. The Morgan fingerprint density at radius 3 is 2.82 bits per heavy atom. The van der Waals surface area contributed by atoms with Crippen LogP contribution in [0.15, 0.2) is 35.3 Å². The number of fused-ring (bicyclic) bond motifs is 1. The molecule has 2 heterocycles. The molecular formula is C15H12ClN3O3. The van der Waals surface area contributed by atoms with Crippen molar-refractivity contribution in [2.45, 2.75) is 6.92 Å². The SMILES string of the molecule is COC(=O)c1cc2c(=O)[nH]c(-c3ccc(Cl)c(C)c3)cn2n1. The Bertz CT molecular complexity index is 943. The molecule has 7 heteroatoms. The van der Waals surface area contributed by atoms with Gasteiger partial charge in [0, 0.05) is 11.1 Å². The van der Waals surface area contributed by atoms with Gasteiger partial charge < -0.3 is 9.72 Å². The first kappa shape index (κ1) is 14.3. The van der Waals surface area contributed by atoms with Crippen molar-refractivity contribution in [1.82, 2.24) is 14.6 Å². The molecule has 0 unspecified atom stereocenters. The van der Waals surface area contributed by atoms with Gasteiger partial charge in [-0.25, -0.2) is 9.31 Å². The molecule has 0 aliphatic rings. The number of aromatic nitrogens is 3. The predicted octanol–water partition coefficient (Wildman–Crippen LogP) is 2.44. The van der Waals surface area contributed by atoms with Crippen LogP contribution in [0.5, 0.6) is 0 Å². The fraction of sp³-hybridized carbons (Fsp3) is 0.133. The number of carbonyl (C=O) groups is 1. The summed E-state index contributed by atoms with van der Waals surface area (Å²) in [4.78, 5) is 26.4. The summed E-state index contributed by atoms with van der Waals surface area (Å²) in [5, 5.41) is 4.72. The fourth-order valence-electron chi connectivity index (χ4n) is 2.17. The van der Waals surface area contributed by atoms with E-state index in [1.54, 1.807) is 18.3 Å². The second kappa shape index (κ2) is 5.31. The quantitative estimate of drug-likeness (QED) is 0.736. The number of ether oxygens (including phenoxy) is 1. The summed E-state index contributed by atoms with van der Waals surface area (Å²) in [5.41, 5.74) is 2.30. The molecule has 0 fully saturated rings. The van der Waals surface area contributed by atoms with Crippen molar-refractivity contribution < 1.29 is 9.53 Å². The molecule has 0 radical (unpaired) electrons. The molecule has 1 aromatic carbocycles. The van der Waals surface area contributed by atoms with Crippen LogP contribution in [-0.2, 0) is 4.74 Å². The summed E-state index contributed by atoms with van der Waals surface area (Å²) in [6, 6.07) is 6.82. The van der Waals surface area contributed by atoms with E-state index < -0.39 is 5.97 Å². The Balaban J connectivity index is 2.17. The average molecular weight is 318 g/mol. The summed E-state index contributed by atoms with van der Waals surface area (Å²) >= 11 is 6.01. The van der Waals surface area contributed by atoms with Crippen molar-refractivity contribution in [3.8, 4) is 11.3 Å². The lowest BCUT2D eigenvalue weighted by molar-refractivity contribution is 0.0593. The molecule has 1 N–H and O–H groups in total. The van der Waals surface area contributed by atoms with Gasteiger partial charge >= 0.3 is 5.97 Å². The van der Waals surface area contributed by atoms with Crippen molar-refractivity contribution in [3.05, 3.63) is 57.1 Å². The van der Waals surface area contributed by atoms with E-state index in [9.17, 15) is 9.59 Å². The molecule has 112 valence electrons. The van der Waals surface area contributed by atoms with Gasteiger partial charge in [0.15, 0.2) is 5.69 Å². The normalized spacial score (nSPS) is 10.9. The topological polar surface area (TPSA) is 76.5 Å². The molecule has 3 rings (SSSR count). The van der Waals surface area contributed by atoms with Crippen LogP contribution in [0.4, 0.5) is 0 Å². The zero-order valence-electron chi connectivity index (χ0n) is 11.9. The Kier molecular flexibility index (Phi) is 3.46. The van der Waals surface area contributed by atoms with Crippen LogP contribution in [0.3, 0.4) is 0 Å². The number of nitrogens with zero attached hydrogens (tertiary/aromatic N) is 2. The number of carbonyl (C=O) groups excluding carboxylic acids is 1. The minimum absolute atomic E-state index is 0.0810. The number of rotatable bonds is 2. The standard InChI is InChI=1S/C15H12ClN3O3/c1-8-5-9(3-4-10(8)16)12-7-19-13(14(20)17-12)6-11(18-19)15(21)22-2/h3-7H,1-2H3,(H,17,20). The van der Waals surface area contributed by atoms with Gasteiger partial charge in [-0.15, -0.1) is 0 Å². The predicted molar refractivity (Wildman–Crippen MR) is 82.3 cm³/mol. The number of hydrogen-bond acceptors (Lipinski definition) is 4. The van der Waals surface area contributed by atoms with Crippen LogP contribution in [0.25, 0.3) is 16.8 Å². The number of nitrogens with one attached hydrogen (secondary N) is 1.